The van der Waals surface area contributed by atoms with Crippen molar-refractivity contribution in [3.63, 3.8) is 0 Å². The van der Waals surface area contributed by atoms with Gasteiger partial charge in [-0.1, -0.05) is 19.9 Å². The van der Waals surface area contributed by atoms with Crippen molar-refractivity contribution in [2.24, 2.45) is 5.92 Å². The number of ether oxygens (including phenoxy) is 3. The fourth-order valence-electron chi connectivity index (χ4n) is 2.70. The summed E-state index contributed by atoms with van der Waals surface area (Å²) in [6.07, 6.45) is 3.04. The van der Waals surface area contributed by atoms with Crippen LogP contribution in [0.15, 0.2) is 18.2 Å². The molecule has 3 nitrogen and oxygen atoms in total. The van der Waals surface area contributed by atoms with Gasteiger partial charge < -0.3 is 14.2 Å². The molecule has 0 bridgehead atoms. The summed E-state index contributed by atoms with van der Waals surface area (Å²) in [5.74, 6) is 2.23. The van der Waals surface area contributed by atoms with Crippen LogP contribution in [0, 0.1) is 5.92 Å². The van der Waals surface area contributed by atoms with E-state index in [1.54, 1.807) is 0 Å². The molecule has 0 aliphatic carbocycles. The van der Waals surface area contributed by atoms with E-state index in [4.69, 9.17) is 14.2 Å². The van der Waals surface area contributed by atoms with Gasteiger partial charge in [0.1, 0.15) is 0 Å². The molecule has 0 aromatic heterocycles. The molecule has 1 aromatic rings. The third-order valence-corrected chi connectivity index (χ3v) is 3.75. The average Bonchev–Trinajstić information content (AvgIpc) is 3.22. The van der Waals surface area contributed by atoms with Gasteiger partial charge in [0, 0.05) is 0 Å². The van der Waals surface area contributed by atoms with Gasteiger partial charge in [0.25, 0.3) is 0 Å². The van der Waals surface area contributed by atoms with Crippen LogP contribution in [0.1, 0.15) is 39.7 Å². The van der Waals surface area contributed by atoms with Crippen LogP contribution in [0.25, 0.3) is 0 Å². The molecule has 1 fully saturated rings. The maximum absolute atomic E-state index is 5.68. The number of epoxide rings is 1. The van der Waals surface area contributed by atoms with Crippen LogP contribution >= 0.6 is 0 Å². The highest BCUT2D eigenvalue weighted by Crippen LogP contribution is 2.35. The molecule has 0 N–H and O–H groups in total. The highest BCUT2D eigenvalue weighted by molar-refractivity contribution is 5.43. The van der Waals surface area contributed by atoms with Crippen LogP contribution < -0.4 is 9.47 Å². The minimum absolute atomic E-state index is 0.433. The van der Waals surface area contributed by atoms with Crippen LogP contribution in [-0.4, -0.2) is 25.4 Å². The van der Waals surface area contributed by atoms with E-state index in [1.165, 1.54) is 5.56 Å². The Morgan fingerprint density at radius 3 is 2.40 bits per heavy atom. The lowest BCUT2D eigenvalue weighted by Gasteiger charge is -2.14. The lowest BCUT2D eigenvalue weighted by Crippen LogP contribution is -2.10. The van der Waals surface area contributed by atoms with Crippen LogP contribution in [0.4, 0.5) is 0 Å². The van der Waals surface area contributed by atoms with E-state index >= 15 is 0 Å². The van der Waals surface area contributed by atoms with Gasteiger partial charge in [-0.3, -0.25) is 0 Å². The second kappa shape index (κ2) is 6.98. The Kier molecular flexibility index (Phi) is 5.30. The largest absolute Gasteiger partial charge is 0.490 e. The van der Waals surface area contributed by atoms with Gasteiger partial charge in [-0.2, -0.15) is 0 Å². The fraction of sp³-hybridized carbons (Fsp3) is 0.647. The van der Waals surface area contributed by atoms with Crippen LogP contribution in [0.2, 0.25) is 0 Å². The van der Waals surface area contributed by atoms with Gasteiger partial charge in [-0.05, 0) is 50.3 Å². The Morgan fingerprint density at radius 2 is 1.80 bits per heavy atom. The molecule has 1 aliphatic rings. The average molecular weight is 278 g/mol. The van der Waals surface area contributed by atoms with Gasteiger partial charge in [0.05, 0.1) is 25.4 Å². The zero-order valence-electron chi connectivity index (χ0n) is 13.0. The first-order valence-corrected chi connectivity index (χ1v) is 7.73. The van der Waals surface area contributed by atoms with Crippen molar-refractivity contribution in [2.45, 2.75) is 52.7 Å². The summed E-state index contributed by atoms with van der Waals surface area (Å²) in [6.45, 7) is 9.74. The van der Waals surface area contributed by atoms with E-state index in [1.807, 2.05) is 19.9 Å². The first-order valence-electron chi connectivity index (χ1n) is 7.73. The predicted molar refractivity (Wildman–Crippen MR) is 80.6 cm³/mol. The SMILES string of the molecule is CCOc1ccc(CC(C)C2OC2CC)cc1OCC. The lowest BCUT2D eigenvalue weighted by molar-refractivity contribution is 0.287. The molecular formula is C17H26O3. The van der Waals surface area contributed by atoms with E-state index in [9.17, 15) is 0 Å². The van der Waals surface area contributed by atoms with Gasteiger partial charge in [-0.25, -0.2) is 0 Å². The van der Waals surface area contributed by atoms with Crippen LogP contribution in [-0.2, 0) is 11.2 Å². The Morgan fingerprint density at radius 1 is 1.10 bits per heavy atom. The normalized spacial score (nSPS) is 22.4. The molecule has 1 heterocycles. The summed E-state index contributed by atoms with van der Waals surface area (Å²) in [5.41, 5.74) is 1.29. The summed E-state index contributed by atoms with van der Waals surface area (Å²) in [6, 6.07) is 6.25. The molecule has 112 valence electrons. The van der Waals surface area contributed by atoms with E-state index in [0.717, 1.165) is 24.3 Å². The van der Waals surface area contributed by atoms with Crippen LogP contribution in [0.3, 0.4) is 0 Å². The summed E-state index contributed by atoms with van der Waals surface area (Å²) in [7, 11) is 0. The summed E-state index contributed by atoms with van der Waals surface area (Å²) >= 11 is 0. The number of hydrogen-bond acceptors (Lipinski definition) is 3. The third kappa shape index (κ3) is 3.66. The van der Waals surface area contributed by atoms with Crippen LogP contribution in [0.5, 0.6) is 11.5 Å². The van der Waals surface area contributed by atoms with Gasteiger partial charge >= 0.3 is 0 Å². The maximum Gasteiger partial charge on any atom is 0.161 e. The Balaban J connectivity index is 2.02. The Labute approximate surface area is 122 Å². The van der Waals surface area contributed by atoms with E-state index in [0.29, 0.717) is 31.3 Å². The van der Waals surface area contributed by atoms with Crippen molar-refractivity contribution in [3.8, 4) is 11.5 Å². The van der Waals surface area contributed by atoms with Gasteiger partial charge in [0.2, 0.25) is 0 Å². The predicted octanol–water partition coefficient (Wildman–Crippen LogP) is 3.84. The maximum atomic E-state index is 5.68. The minimum Gasteiger partial charge on any atom is -0.490 e. The molecule has 0 radical (unpaired) electrons. The molecule has 3 atom stereocenters. The van der Waals surface area contributed by atoms with Crippen molar-refractivity contribution < 1.29 is 14.2 Å². The summed E-state index contributed by atoms with van der Waals surface area (Å²) in [5, 5.41) is 0. The number of benzene rings is 1. The smallest absolute Gasteiger partial charge is 0.161 e. The Bertz CT molecular complexity index is 430. The molecule has 2 rings (SSSR count). The molecule has 0 amide bonds. The van der Waals surface area contributed by atoms with E-state index in [-0.39, 0.29) is 0 Å². The number of rotatable bonds is 8. The third-order valence-electron chi connectivity index (χ3n) is 3.75. The molecular weight excluding hydrogens is 252 g/mol. The molecule has 0 saturated carbocycles. The fourth-order valence-corrected chi connectivity index (χ4v) is 2.70. The summed E-state index contributed by atoms with van der Waals surface area (Å²) in [4.78, 5) is 0. The minimum atomic E-state index is 0.433. The van der Waals surface area contributed by atoms with Crippen molar-refractivity contribution in [1.29, 1.82) is 0 Å². The molecule has 1 aromatic carbocycles. The molecule has 1 saturated heterocycles. The molecule has 1 aliphatic heterocycles. The standard InChI is InChI=1S/C17H26O3/c1-5-14-17(20-14)12(4)10-13-8-9-15(18-6-2)16(11-13)19-7-3/h8-9,11-12,14,17H,5-7,10H2,1-4H3. The van der Waals surface area contributed by atoms with Crippen molar-refractivity contribution in [2.75, 3.05) is 13.2 Å². The first-order chi connectivity index (χ1) is 9.69. The van der Waals surface area contributed by atoms with E-state index in [2.05, 4.69) is 26.0 Å². The summed E-state index contributed by atoms with van der Waals surface area (Å²) < 4.78 is 17.0. The topological polar surface area (TPSA) is 31.0 Å². The Hall–Kier alpha value is -1.22. The first kappa shape index (κ1) is 15.2. The molecule has 3 heteroatoms. The quantitative estimate of drug-likeness (QED) is 0.677. The van der Waals surface area contributed by atoms with Gasteiger partial charge in [-0.15, -0.1) is 0 Å². The highest BCUT2D eigenvalue weighted by atomic mass is 16.6. The van der Waals surface area contributed by atoms with Gasteiger partial charge in [0.15, 0.2) is 11.5 Å². The molecule has 3 unspecified atom stereocenters. The van der Waals surface area contributed by atoms with Crippen molar-refractivity contribution in [1.82, 2.24) is 0 Å². The zero-order valence-corrected chi connectivity index (χ0v) is 13.0. The monoisotopic (exact) mass is 278 g/mol. The zero-order chi connectivity index (χ0) is 14.5. The van der Waals surface area contributed by atoms with Crippen molar-refractivity contribution >= 4 is 0 Å². The molecule has 20 heavy (non-hydrogen) atoms. The lowest BCUT2D eigenvalue weighted by atomic mass is 9.95. The van der Waals surface area contributed by atoms with Crippen molar-refractivity contribution in [3.05, 3.63) is 23.8 Å². The molecule has 0 spiro atoms. The second-order valence-corrected chi connectivity index (χ2v) is 5.38. The van der Waals surface area contributed by atoms with E-state index < -0.39 is 0 Å². The highest BCUT2D eigenvalue weighted by Gasteiger charge is 2.40. The second-order valence-electron chi connectivity index (χ2n) is 5.38. The number of hydrogen-bond donors (Lipinski definition) is 0.